The number of aromatic nitrogens is 4. The summed E-state index contributed by atoms with van der Waals surface area (Å²) < 4.78 is 3.24. The van der Waals surface area contributed by atoms with Gasteiger partial charge in [-0.25, -0.2) is 9.36 Å². The molecule has 1 N–H and O–H groups in total. The highest BCUT2D eigenvalue weighted by molar-refractivity contribution is 6.00. The molecule has 0 bridgehead atoms. The summed E-state index contributed by atoms with van der Waals surface area (Å²) in [7, 11) is 0. The molecule has 0 aliphatic rings. The Kier molecular flexibility index (Phi) is 7.19. The number of aryl methyl sites for hydroxylation is 1. The third kappa shape index (κ3) is 5.26. The second-order valence-electron chi connectivity index (χ2n) is 8.60. The fourth-order valence-electron chi connectivity index (χ4n) is 4.10. The Morgan fingerprint density at radius 2 is 1.74 bits per heavy atom. The van der Waals surface area contributed by atoms with Crippen molar-refractivity contribution in [1.82, 2.24) is 24.9 Å². The van der Waals surface area contributed by atoms with Gasteiger partial charge >= 0.3 is 0 Å². The Balaban J connectivity index is 1.44. The number of nitroso groups, excluding NO2 is 1. The number of benzene rings is 3. The van der Waals surface area contributed by atoms with Crippen LogP contribution < -0.4 is 5.32 Å². The summed E-state index contributed by atoms with van der Waals surface area (Å²) in [5.74, 6) is -0.354. The Bertz CT molecular complexity index is 1690. The lowest BCUT2D eigenvalue weighted by Crippen LogP contribution is -2.17. The Morgan fingerprint density at radius 3 is 2.41 bits per heavy atom. The Labute approximate surface area is 224 Å². The Hall–Kier alpha value is -5.62. The van der Waals surface area contributed by atoms with Crippen LogP contribution in [-0.2, 0) is 6.42 Å². The van der Waals surface area contributed by atoms with E-state index in [1.54, 1.807) is 45.9 Å². The van der Waals surface area contributed by atoms with Gasteiger partial charge in [-0.15, -0.1) is 4.91 Å². The van der Waals surface area contributed by atoms with Crippen molar-refractivity contribution in [1.29, 1.82) is 5.26 Å². The normalized spacial score (nSPS) is 10.9. The van der Waals surface area contributed by atoms with Crippen LogP contribution in [0.1, 0.15) is 34.1 Å². The highest BCUT2D eigenvalue weighted by Crippen LogP contribution is 2.24. The first-order valence-corrected chi connectivity index (χ1v) is 12.2. The molecule has 1 amide bonds. The second kappa shape index (κ2) is 11.2. The minimum Gasteiger partial charge on any atom is -0.328 e. The van der Waals surface area contributed by atoms with Crippen molar-refractivity contribution in [3.8, 4) is 28.7 Å². The van der Waals surface area contributed by atoms with Gasteiger partial charge in [-0.2, -0.15) is 15.5 Å². The maximum atomic E-state index is 13.3. The smallest absolute Gasteiger partial charge is 0.259 e. The predicted molar refractivity (Wildman–Crippen MR) is 149 cm³/mol. The number of hydrogen-bond donors (Lipinski definition) is 1. The summed E-state index contributed by atoms with van der Waals surface area (Å²) >= 11 is 0. The van der Waals surface area contributed by atoms with E-state index in [-0.39, 0.29) is 11.6 Å². The number of carbonyl (C=O) groups is 1. The molecule has 0 fully saturated rings. The summed E-state index contributed by atoms with van der Waals surface area (Å²) in [6, 6.07) is 26.1. The SMILES string of the molecule is CCc1ccc(-n2cc(C(=O)N/C=C/c3c(C#N)cnn3-c3ccc(N=O)cc3)c(-c3ccccc3)n2)cc1. The van der Waals surface area contributed by atoms with Gasteiger partial charge in [0, 0.05) is 18.0 Å². The van der Waals surface area contributed by atoms with Crippen LogP contribution in [0.2, 0.25) is 0 Å². The monoisotopic (exact) mass is 513 g/mol. The van der Waals surface area contributed by atoms with Crippen LogP contribution in [0.25, 0.3) is 28.7 Å². The molecule has 2 aromatic heterocycles. The molecule has 5 aromatic rings. The van der Waals surface area contributed by atoms with E-state index >= 15 is 0 Å². The van der Waals surface area contributed by atoms with Gasteiger partial charge in [0.2, 0.25) is 0 Å². The standard InChI is InChI=1S/C30H23N7O2/c1-2-21-8-12-25(13-9-21)36-20-27(29(34-36)22-6-4-3-5-7-22)30(38)32-17-16-28-23(18-31)19-33-37(28)26-14-10-24(35-39)11-15-26/h3-17,19-20H,2H2,1H3,(H,32,38)/b17-16+. The lowest BCUT2D eigenvalue weighted by molar-refractivity contribution is 0.0971. The zero-order valence-corrected chi connectivity index (χ0v) is 21.0. The van der Waals surface area contributed by atoms with E-state index in [1.165, 1.54) is 18.0 Å². The van der Waals surface area contributed by atoms with Crippen LogP contribution in [0.3, 0.4) is 0 Å². The van der Waals surface area contributed by atoms with Crippen LogP contribution >= 0.6 is 0 Å². The molecule has 5 rings (SSSR count). The lowest BCUT2D eigenvalue weighted by Gasteiger charge is -2.05. The molecule has 9 nitrogen and oxygen atoms in total. The van der Waals surface area contributed by atoms with E-state index in [9.17, 15) is 15.0 Å². The molecule has 0 saturated carbocycles. The van der Waals surface area contributed by atoms with Gasteiger partial charge in [0.25, 0.3) is 5.91 Å². The molecule has 39 heavy (non-hydrogen) atoms. The van der Waals surface area contributed by atoms with Crippen LogP contribution in [0.15, 0.2) is 103 Å². The summed E-state index contributed by atoms with van der Waals surface area (Å²) in [6.45, 7) is 2.10. The van der Waals surface area contributed by atoms with Crippen molar-refractivity contribution in [3.63, 3.8) is 0 Å². The molecule has 0 aliphatic heterocycles. The van der Waals surface area contributed by atoms with Crippen LogP contribution in [0.4, 0.5) is 5.69 Å². The summed E-state index contributed by atoms with van der Waals surface area (Å²) in [5.41, 5.74) is 5.54. The highest BCUT2D eigenvalue weighted by atomic mass is 16.3. The van der Waals surface area contributed by atoms with E-state index in [1.807, 2.05) is 54.6 Å². The first-order chi connectivity index (χ1) is 19.1. The quantitative estimate of drug-likeness (QED) is 0.257. The van der Waals surface area contributed by atoms with Gasteiger partial charge in [-0.1, -0.05) is 49.4 Å². The lowest BCUT2D eigenvalue weighted by atomic mass is 10.1. The van der Waals surface area contributed by atoms with Gasteiger partial charge in [-0.3, -0.25) is 4.79 Å². The van der Waals surface area contributed by atoms with Gasteiger partial charge < -0.3 is 5.32 Å². The molecular weight excluding hydrogens is 490 g/mol. The number of nitrogens with zero attached hydrogens (tertiary/aromatic N) is 6. The van der Waals surface area contributed by atoms with Crippen LogP contribution in [0, 0.1) is 16.2 Å². The largest absolute Gasteiger partial charge is 0.328 e. The van der Waals surface area contributed by atoms with E-state index in [2.05, 4.69) is 28.6 Å². The minimum atomic E-state index is -0.354. The number of hydrogen-bond acceptors (Lipinski definition) is 6. The molecule has 0 saturated heterocycles. The van der Waals surface area contributed by atoms with E-state index in [0.29, 0.717) is 28.2 Å². The van der Waals surface area contributed by atoms with Gasteiger partial charge in [0.15, 0.2) is 0 Å². The first-order valence-electron chi connectivity index (χ1n) is 12.2. The van der Waals surface area contributed by atoms with E-state index in [0.717, 1.165) is 17.7 Å². The fraction of sp³-hybridized carbons (Fsp3) is 0.0667. The van der Waals surface area contributed by atoms with Crippen molar-refractivity contribution in [2.24, 2.45) is 5.18 Å². The topological polar surface area (TPSA) is 118 Å². The molecule has 3 aromatic carbocycles. The summed E-state index contributed by atoms with van der Waals surface area (Å²) in [5, 5.41) is 24.3. The average molecular weight is 514 g/mol. The maximum Gasteiger partial charge on any atom is 0.259 e. The molecule has 0 radical (unpaired) electrons. The zero-order valence-electron chi connectivity index (χ0n) is 21.0. The third-order valence-corrected chi connectivity index (χ3v) is 6.20. The second-order valence-corrected chi connectivity index (χ2v) is 8.60. The number of carbonyl (C=O) groups excluding carboxylic acids is 1. The molecule has 2 heterocycles. The molecule has 0 spiro atoms. The van der Waals surface area contributed by atoms with Crippen molar-refractivity contribution >= 4 is 17.7 Å². The van der Waals surface area contributed by atoms with E-state index in [4.69, 9.17) is 5.10 Å². The third-order valence-electron chi connectivity index (χ3n) is 6.20. The van der Waals surface area contributed by atoms with Crippen LogP contribution in [-0.4, -0.2) is 25.5 Å². The summed E-state index contributed by atoms with van der Waals surface area (Å²) in [4.78, 5) is 24.1. The molecule has 190 valence electrons. The predicted octanol–water partition coefficient (Wildman–Crippen LogP) is 5.96. The van der Waals surface area contributed by atoms with Crippen molar-refractivity contribution in [2.75, 3.05) is 0 Å². The zero-order chi connectivity index (χ0) is 27.2. The van der Waals surface area contributed by atoms with Gasteiger partial charge in [-0.05, 0) is 59.6 Å². The number of nitrogens with one attached hydrogen (secondary N) is 1. The number of amides is 1. The maximum absolute atomic E-state index is 13.3. The molecule has 0 atom stereocenters. The number of nitriles is 1. The van der Waals surface area contributed by atoms with Gasteiger partial charge in [0.05, 0.1) is 34.4 Å². The van der Waals surface area contributed by atoms with Crippen molar-refractivity contribution < 1.29 is 4.79 Å². The highest BCUT2D eigenvalue weighted by Gasteiger charge is 2.18. The number of rotatable bonds is 8. The first kappa shape index (κ1) is 25.0. The summed E-state index contributed by atoms with van der Waals surface area (Å²) in [6.07, 6.45) is 7.16. The molecule has 9 heteroatoms. The molecule has 0 aliphatic carbocycles. The molecule has 0 unspecified atom stereocenters. The van der Waals surface area contributed by atoms with Crippen molar-refractivity contribution in [2.45, 2.75) is 13.3 Å². The Morgan fingerprint density at radius 1 is 1.03 bits per heavy atom. The van der Waals surface area contributed by atoms with Gasteiger partial charge in [0.1, 0.15) is 17.5 Å². The molecular formula is C30H23N7O2. The average Bonchev–Trinajstić information content (AvgIpc) is 3.63. The van der Waals surface area contributed by atoms with Crippen LogP contribution in [0.5, 0.6) is 0 Å². The minimum absolute atomic E-state index is 0.284. The van der Waals surface area contributed by atoms with Crippen molar-refractivity contribution in [3.05, 3.63) is 125 Å². The van der Waals surface area contributed by atoms with E-state index < -0.39 is 0 Å². The fourth-order valence-corrected chi connectivity index (χ4v) is 4.10.